The molecule has 2 aliphatic rings. The second-order valence-electron chi connectivity index (χ2n) is 6.68. The Morgan fingerprint density at radius 2 is 2.05 bits per heavy atom. The second kappa shape index (κ2) is 7.56. The Labute approximate surface area is 128 Å². The molecule has 0 radical (unpaired) electrons. The first-order valence-corrected chi connectivity index (χ1v) is 8.24. The highest BCUT2D eigenvalue weighted by molar-refractivity contribution is 5.91. The van der Waals surface area contributed by atoms with Crippen LogP contribution in [0.3, 0.4) is 0 Å². The number of unbranched alkanes of at least 4 members (excludes halogenated alkanes) is 1. The first-order chi connectivity index (χ1) is 10.1. The minimum atomic E-state index is -0.186. The van der Waals surface area contributed by atoms with E-state index in [2.05, 4.69) is 24.1 Å². The Bertz CT molecular complexity index is 342. The summed E-state index contributed by atoms with van der Waals surface area (Å²) in [6.45, 7) is 7.32. The molecule has 122 valence electrons. The zero-order chi connectivity index (χ0) is 15.3. The third-order valence-corrected chi connectivity index (χ3v) is 4.30. The molecule has 1 N–H and O–H groups in total. The van der Waals surface area contributed by atoms with Crippen molar-refractivity contribution in [2.45, 2.75) is 57.7 Å². The lowest BCUT2D eigenvalue weighted by molar-refractivity contribution is -0.131. The second-order valence-corrected chi connectivity index (χ2v) is 6.68. The van der Waals surface area contributed by atoms with Gasteiger partial charge in [-0.3, -0.25) is 10.1 Å². The SMILES string of the molecule is COCCOCCCCN1C(=O)C2(CC2)NC1CC(C)C. The maximum Gasteiger partial charge on any atom is 0.244 e. The summed E-state index contributed by atoms with van der Waals surface area (Å²) in [7, 11) is 1.68. The number of rotatable bonds is 10. The van der Waals surface area contributed by atoms with Gasteiger partial charge in [0.05, 0.1) is 24.9 Å². The van der Waals surface area contributed by atoms with Crippen LogP contribution in [0.1, 0.15) is 46.0 Å². The van der Waals surface area contributed by atoms with Gasteiger partial charge in [-0.15, -0.1) is 0 Å². The summed E-state index contributed by atoms with van der Waals surface area (Å²) in [5.41, 5.74) is -0.186. The van der Waals surface area contributed by atoms with Gasteiger partial charge in [0.2, 0.25) is 5.91 Å². The number of hydrogen-bond donors (Lipinski definition) is 1. The summed E-state index contributed by atoms with van der Waals surface area (Å²) in [6.07, 6.45) is 5.29. The van der Waals surface area contributed by atoms with E-state index in [1.165, 1.54) is 0 Å². The van der Waals surface area contributed by atoms with Gasteiger partial charge >= 0.3 is 0 Å². The van der Waals surface area contributed by atoms with Crippen LogP contribution in [0, 0.1) is 5.92 Å². The van der Waals surface area contributed by atoms with E-state index in [1.54, 1.807) is 7.11 Å². The third-order valence-electron chi connectivity index (χ3n) is 4.30. The van der Waals surface area contributed by atoms with Crippen molar-refractivity contribution in [3.05, 3.63) is 0 Å². The molecule has 1 saturated heterocycles. The fraction of sp³-hybridized carbons (Fsp3) is 0.938. The lowest BCUT2D eigenvalue weighted by atomic mass is 10.1. The molecule has 1 aliphatic carbocycles. The summed E-state index contributed by atoms with van der Waals surface area (Å²) in [5.74, 6) is 0.928. The van der Waals surface area contributed by atoms with E-state index < -0.39 is 0 Å². The Kier molecular flexibility index (Phi) is 6.02. The summed E-state index contributed by atoms with van der Waals surface area (Å²) >= 11 is 0. The van der Waals surface area contributed by atoms with Crippen molar-refractivity contribution in [1.82, 2.24) is 10.2 Å². The molecule has 5 nitrogen and oxygen atoms in total. The molecule has 1 heterocycles. The first kappa shape index (κ1) is 16.7. The van der Waals surface area contributed by atoms with Crippen molar-refractivity contribution in [3.63, 3.8) is 0 Å². The summed E-state index contributed by atoms with van der Waals surface area (Å²) in [5, 5.41) is 3.57. The standard InChI is InChI=1S/C16H30N2O3/c1-13(2)12-14-17-16(6-7-16)15(19)18(14)8-4-5-9-21-11-10-20-3/h13-14,17H,4-12H2,1-3H3. The first-order valence-electron chi connectivity index (χ1n) is 8.24. The number of carbonyl (C=O) groups is 1. The van der Waals surface area contributed by atoms with E-state index in [4.69, 9.17) is 9.47 Å². The average Bonchev–Trinajstić information content (AvgIpc) is 3.16. The molecule has 1 saturated carbocycles. The topological polar surface area (TPSA) is 50.8 Å². The van der Waals surface area contributed by atoms with E-state index in [9.17, 15) is 4.79 Å². The van der Waals surface area contributed by atoms with E-state index in [-0.39, 0.29) is 11.7 Å². The molecular weight excluding hydrogens is 268 g/mol. The monoisotopic (exact) mass is 298 g/mol. The molecule has 2 fully saturated rings. The largest absolute Gasteiger partial charge is 0.382 e. The number of amides is 1. The number of ether oxygens (including phenoxy) is 2. The van der Waals surface area contributed by atoms with Crippen molar-refractivity contribution in [2.24, 2.45) is 5.92 Å². The molecule has 1 unspecified atom stereocenters. The molecule has 21 heavy (non-hydrogen) atoms. The Morgan fingerprint density at radius 3 is 2.67 bits per heavy atom. The predicted octanol–water partition coefficient (Wildman–Crippen LogP) is 1.77. The molecule has 0 aromatic heterocycles. The number of methoxy groups -OCH3 is 1. The number of carbonyl (C=O) groups excluding carboxylic acids is 1. The van der Waals surface area contributed by atoms with Gasteiger partial charge in [-0.05, 0) is 38.0 Å². The van der Waals surface area contributed by atoms with Crippen LogP contribution in [0.25, 0.3) is 0 Å². The Balaban J connectivity index is 1.70. The molecule has 0 bridgehead atoms. The van der Waals surface area contributed by atoms with Crippen LogP contribution in [0.5, 0.6) is 0 Å². The summed E-state index contributed by atoms with van der Waals surface area (Å²) in [6, 6.07) is 0. The van der Waals surface area contributed by atoms with Gasteiger partial charge in [0, 0.05) is 20.3 Å². The lowest BCUT2D eigenvalue weighted by Crippen LogP contribution is -2.39. The zero-order valence-corrected chi connectivity index (χ0v) is 13.7. The summed E-state index contributed by atoms with van der Waals surface area (Å²) in [4.78, 5) is 14.6. The predicted molar refractivity (Wildman–Crippen MR) is 82.0 cm³/mol. The molecule has 0 aromatic carbocycles. The van der Waals surface area contributed by atoms with Gasteiger partial charge in [0.1, 0.15) is 0 Å². The smallest absolute Gasteiger partial charge is 0.244 e. The van der Waals surface area contributed by atoms with Crippen LogP contribution in [-0.4, -0.2) is 56.0 Å². The fourth-order valence-corrected chi connectivity index (χ4v) is 2.98. The van der Waals surface area contributed by atoms with Crippen LogP contribution in [0.2, 0.25) is 0 Å². The molecular formula is C16H30N2O3. The Morgan fingerprint density at radius 1 is 1.29 bits per heavy atom. The van der Waals surface area contributed by atoms with E-state index in [0.717, 1.165) is 45.3 Å². The molecule has 5 heteroatoms. The van der Waals surface area contributed by atoms with Crippen LogP contribution >= 0.6 is 0 Å². The number of nitrogens with zero attached hydrogens (tertiary/aromatic N) is 1. The van der Waals surface area contributed by atoms with Gasteiger partial charge in [-0.2, -0.15) is 0 Å². The highest BCUT2D eigenvalue weighted by Gasteiger charge is 2.58. The fourth-order valence-electron chi connectivity index (χ4n) is 2.98. The molecule has 2 rings (SSSR count). The van der Waals surface area contributed by atoms with E-state index >= 15 is 0 Å². The zero-order valence-electron chi connectivity index (χ0n) is 13.7. The van der Waals surface area contributed by atoms with Crippen LogP contribution < -0.4 is 5.32 Å². The van der Waals surface area contributed by atoms with Crippen molar-refractivity contribution in [3.8, 4) is 0 Å². The van der Waals surface area contributed by atoms with Crippen LogP contribution in [0.15, 0.2) is 0 Å². The summed E-state index contributed by atoms with van der Waals surface area (Å²) < 4.78 is 10.4. The normalized spacial score (nSPS) is 23.5. The van der Waals surface area contributed by atoms with Crippen molar-refractivity contribution in [2.75, 3.05) is 33.5 Å². The van der Waals surface area contributed by atoms with Gasteiger partial charge in [-0.1, -0.05) is 13.8 Å². The third kappa shape index (κ3) is 4.41. The highest BCUT2D eigenvalue weighted by atomic mass is 16.5. The van der Waals surface area contributed by atoms with Gasteiger partial charge in [-0.25, -0.2) is 0 Å². The van der Waals surface area contributed by atoms with Crippen molar-refractivity contribution in [1.29, 1.82) is 0 Å². The number of hydrogen-bond acceptors (Lipinski definition) is 4. The minimum Gasteiger partial charge on any atom is -0.382 e. The maximum atomic E-state index is 12.5. The van der Waals surface area contributed by atoms with Crippen LogP contribution in [-0.2, 0) is 14.3 Å². The average molecular weight is 298 g/mol. The number of nitrogens with one attached hydrogen (secondary N) is 1. The minimum absolute atomic E-state index is 0.186. The molecule has 1 atom stereocenters. The molecule has 0 aromatic rings. The maximum absolute atomic E-state index is 12.5. The van der Waals surface area contributed by atoms with Gasteiger partial charge < -0.3 is 14.4 Å². The highest BCUT2D eigenvalue weighted by Crippen LogP contribution is 2.43. The quantitative estimate of drug-likeness (QED) is 0.625. The Hall–Kier alpha value is -0.650. The van der Waals surface area contributed by atoms with E-state index in [0.29, 0.717) is 25.0 Å². The molecule has 1 spiro atoms. The van der Waals surface area contributed by atoms with Gasteiger partial charge in [0.25, 0.3) is 0 Å². The van der Waals surface area contributed by atoms with Crippen LogP contribution in [0.4, 0.5) is 0 Å². The van der Waals surface area contributed by atoms with Crippen molar-refractivity contribution < 1.29 is 14.3 Å². The van der Waals surface area contributed by atoms with E-state index in [1.807, 2.05) is 0 Å². The van der Waals surface area contributed by atoms with Crippen molar-refractivity contribution >= 4 is 5.91 Å². The molecule has 1 aliphatic heterocycles. The lowest BCUT2D eigenvalue weighted by Gasteiger charge is -2.25. The van der Waals surface area contributed by atoms with Gasteiger partial charge in [0.15, 0.2) is 0 Å². The molecule has 1 amide bonds.